The summed E-state index contributed by atoms with van der Waals surface area (Å²) in [5.41, 5.74) is -0.241. The van der Waals surface area contributed by atoms with E-state index in [9.17, 15) is 15.0 Å². The van der Waals surface area contributed by atoms with Gasteiger partial charge in [0.15, 0.2) is 0 Å². The molecular formula is C25H41NO3. The third-order valence-electron chi connectivity index (χ3n) is 10.3. The molecule has 1 heterocycles. The van der Waals surface area contributed by atoms with Crippen LogP contribution in [-0.4, -0.2) is 52.2 Å². The van der Waals surface area contributed by atoms with Gasteiger partial charge < -0.3 is 10.2 Å². The van der Waals surface area contributed by atoms with Crippen molar-refractivity contribution in [2.45, 2.75) is 89.8 Å². The van der Waals surface area contributed by atoms with E-state index in [1.54, 1.807) is 0 Å². The number of Topliss-reactive ketones (excluding diaryl/α,β-unsaturated/α-hetero) is 1. The largest absolute Gasteiger partial charge is 0.392 e. The zero-order valence-corrected chi connectivity index (χ0v) is 18.5. The Morgan fingerprint density at radius 3 is 2.52 bits per heavy atom. The molecule has 2 N–H and O–H groups in total. The predicted octanol–water partition coefficient (Wildman–Crippen LogP) is 3.64. The number of likely N-dealkylation sites (tertiary alicyclic amines) is 1. The molecule has 0 amide bonds. The van der Waals surface area contributed by atoms with Crippen LogP contribution in [0.1, 0.15) is 78.1 Å². The molecule has 4 aliphatic carbocycles. The van der Waals surface area contributed by atoms with E-state index in [4.69, 9.17) is 0 Å². The lowest BCUT2D eigenvalue weighted by Gasteiger charge is -2.56. The lowest BCUT2D eigenvalue weighted by atomic mass is 9.49. The van der Waals surface area contributed by atoms with Gasteiger partial charge in [-0.1, -0.05) is 6.92 Å². The molecule has 0 aromatic heterocycles. The van der Waals surface area contributed by atoms with E-state index < -0.39 is 5.60 Å². The van der Waals surface area contributed by atoms with Gasteiger partial charge in [0.25, 0.3) is 0 Å². The van der Waals surface area contributed by atoms with Crippen molar-refractivity contribution < 1.29 is 15.0 Å². The van der Waals surface area contributed by atoms with Gasteiger partial charge in [0, 0.05) is 19.0 Å². The molecule has 29 heavy (non-hydrogen) atoms. The fraction of sp³-hybridized carbons (Fsp3) is 0.960. The molecule has 5 fully saturated rings. The lowest BCUT2D eigenvalue weighted by molar-refractivity contribution is -0.133. The number of hydrogen-bond acceptors (Lipinski definition) is 4. The van der Waals surface area contributed by atoms with Gasteiger partial charge in [-0.3, -0.25) is 9.69 Å². The van der Waals surface area contributed by atoms with Gasteiger partial charge in [0.1, 0.15) is 5.78 Å². The predicted molar refractivity (Wildman–Crippen MR) is 113 cm³/mol. The molecule has 0 bridgehead atoms. The highest BCUT2D eigenvalue weighted by Crippen LogP contribution is 2.64. The minimum atomic E-state index is -0.439. The Morgan fingerprint density at radius 1 is 0.966 bits per heavy atom. The van der Waals surface area contributed by atoms with Crippen molar-refractivity contribution in [3.8, 4) is 0 Å². The van der Waals surface area contributed by atoms with Gasteiger partial charge in [-0.05, 0) is 106 Å². The molecule has 4 nitrogen and oxygen atoms in total. The number of aliphatic hydroxyl groups excluding tert-OH is 1. The third kappa shape index (κ3) is 3.51. The average Bonchev–Trinajstić information content (AvgIpc) is 3.22. The summed E-state index contributed by atoms with van der Waals surface area (Å²) in [7, 11) is 0. The van der Waals surface area contributed by atoms with Crippen LogP contribution in [0.2, 0.25) is 0 Å². The molecule has 9 atom stereocenters. The average molecular weight is 404 g/mol. The molecule has 1 unspecified atom stereocenters. The standard InChI is InChI=1S/C25H41NO3/c1-24(29)10-7-18-16(13-24)3-4-20-19(18)8-11-25(2)21(20)5-6-22(25)23(28)15-26-12-9-17(27)14-26/h16-22,27,29H,3-15H2,1-2H3/t16-,17?,18+,19-,20-,21+,22-,24-,25+/m1/s1. The quantitative estimate of drug-likeness (QED) is 0.755. The van der Waals surface area contributed by atoms with Gasteiger partial charge in [0.2, 0.25) is 0 Å². The van der Waals surface area contributed by atoms with Crippen molar-refractivity contribution in [2.24, 2.45) is 40.9 Å². The van der Waals surface area contributed by atoms with E-state index in [0.29, 0.717) is 18.9 Å². The molecule has 164 valence electrons. The molecule has 0 aromatic carbocycles. The van der Waals surface area contributed by atoms with E-state index in [1.807, 2.05) is 6.92 Å². The van der Waals surface area contributed by atoms with Crippen LogP contribution in [0.25, 0.3) is 0 Å². The zero-order chi connectivity index (χ0) is 20.4. The molecule has 1 saturated heterocycles. The van der Waals surface area contributed by atoms with Crippen LogP contribution in [0.4, 0.5) is 0 Å². The van der Waals surface area contributed by atoms with Crippen molar-refractivity contribution in [1.29, 1.82) is 0 Å². The second kappa shape index (κ2) is 7.31. The third-order valence-corrected chi connectivity index (χ3v) is 10.3. The lowest BCUT2D eigenvalue weighted by Crippen LogP contribution is -2.51. The Morgan fingerprint density at radius 2 is 1.76 bits per heavy atom. The molecule has 4 saturated carbocycles. The second-order valence-electron chi connectivity index (χ2n) is 12.0. The number of β-amino-alcohol motifs (C(OH)–C–C–N with tert-alkyl or cyclic N) is 1. The summed E-state index contributed by atoms with van der Waals surface area (Å²) in [5, 5.41) is 20.4. The van der Waals surface area contributed by atoms with Crippen LogP contribution in [0.5, 0.6) is 0 Å². The Labute approximate surface area is 176 Å². The maximum absolute atomic E-state index is 13.3. The van der Waals surface area contributed by atoms with Crippen LogP contribution in [-0.2, 0) is 4.79 Å². The summed E-state index contributed by atoms with van der Waals surface area (Å²) in [5.74, 6) is 4.60. The molecule has 1 aliphatic heterocycles. The Bertz CT molecular complexity index is 648. The first-order chi connectivity index (χ1) is 13.8. The summed E-state index contributed by atoms with van der Waals surface area (Å²) < 4.78 is 0. The Hall–Kier alpha value is -0.450. The van der Waals surface area contributed by atoms with Crippen LogP contribution in [0.15, 0.2) is 0 Å². The summed E-state index contributed by atoms with van der Waals surface area (Å²) in [6, 6.07) is 0. The SMILES string of the molecule is C[C@@]1(O)CC[C@H]2[C@H](CC[C@@H]3[C@@H]2CC[C@]2(C)[C@@H](C(=O)CN4CCC(O)C4)CC[C@@H]32)C1. The smallest absolute Gasteiger partial charge is 0.150 e. The molecule has 0 spiro atoms. The maximum Gasteiger partial charge on any atom is 0.150 e. The highest BCUT2D eigenvalue weighted by atomic mass is 16.3. The molecule has 4 heteroatoms. The van der Waals surface area contributed by atoms with E-state index in [0.717, 1.165) is 61.8 Å². The summed E-state index contributed by atoms with van der Waals surface area (Å²) in [6.45, 7) is 6.59. The highest BCUT2D eigenvalue weighted by Gasteiger charge is 2.58. The van der Waals surface area contributed by atoms with Crippen LogP contribution >= 0.6 is 0 Å². The number of carbonyl (C=O) groups excluding carboxylic acids is 1. The topological polar surface area (TPSA) is 60.8 Å². The summed E-state index contributed by atoms with van der Waals surface area (Å²) in [4.78, 5) is 15.5. The second-order valence-corrected chi connectivity index (χ2v) is 12.0. The van der Waals surface area contributed by atoms with E-state index >= 15 is 0 Å². The van der Waals surface area contributed by atoms with Crippen molar-refractivity contribution in [1.82, 2.24) is 4.90 Å². The normalized spacial score (nSPS) is 52.6. The fourth-order valence-corrected chi connectivity index (χ4v) is 8.90. The number of fused-ring (bicyclic) bond motifs is 5. The minimum absolute atomic E-state index is 0.198. The Balaban J connectivity index is 1.28. The van der Waals surface area contributed by atoms with Crippen molar-refractivity contribution in [3.05, 3.63) is 0 Å². The first-order valence-corrected chi connectivity index (χ1v) is 12.4. The van der Waals surface area contributed by atoms with Gasteiger partial charge in [-0.2, -0.15) is 0 Å². The number of nitrogens with zero attached hydrogens (tertiary/aromatic N) is 1. The number of carbonyl (C=O) groups is 1. The molecular weight excluding hydrogens is 362 g/mol. The van der Waals surface area contributed by atoms with Crippen LogP contribution in [0, 0.1) is 40.9 Å². The van der Waals surface area contributed by atoms with Crippen molar-refractivity contribution in [3.63, 3.8) is 0 Å². The number of hydrogen-bond donors (Lipinski definition) is 2. The molecule has 0 aromatic rings. The number of ketones is 1. The first-order valence-electron chi connectivity index (χ1n) is 12.4. The monoisotopic (exact) mass is 403 g/mol. The molecule has 0 radical (unpaired) electrons. The highest BCUT2D eigenvalue weighted by molar-refractivity contribution is 5.84. The van der Waals surface area contributed by atoms with Gasteiger partial charge in [-0.25, -0.2) is 0 Å². The van der Waals surface area contributed by atoms with E-state index in [1.165, 1.54) is 38.5 Å². The summed E-state index contributed by atoms with van der Waals surface area (Å²) >= 11 is 0. The Kier molecular flexibility index (Phi) is 5.15. The van der Waals surface area contributed by atoms with Gasteiger partial charge in [-0.15, -0.1) is 0 Å². The van der Waals surface area contributed by atoms with Crippen molar-refractivity contribution >= 4 is 5.78 Å². The first kappa shape index (κ1) is 20.5. The summed E-state index contributed by atoms with van der Waals surface area (Å²) in [6.07, 6.45) is 11.2. The van der Waals surface area contributed by atoms with Gasteiger partial charge in [0.05, 0.1) is 18.2 Å². The van der Waals surface area contributed by atoms with E-state index in [-0.39, 0.29) is 17.4 Å². The van der Waals surface area contributed by atoms with E-state index in [2.05, 4.69) is 11.8 Å². The number of rotatable bonds is 3. The van der Waals surface area contributed by atoms with Gasteiger partial charge >= 0.3 is 0 Å². The number of aliphatic hydroxyl groups is 2. The molecule has 5 aliphatic rings. The zero-order valence-electron chi connectivity index (χ0n) is 18.5. The van der Waals surface area contributed by atoms with Crippen LogP contribution < -0.4 is 0 Å². The molecule has 5 rings (SSSR count). The van der Waals surface area contributed by atoms with Crippen molar-refractivity contribution in [2.75, 3.05) is 19.6 Å². The fourth-order valence-electron chi connectivity index (χ4n) is 8.90. The minimum Gasteiger partial charge on any atom is -0.392 e. The van der Waals surface area contributed by atoms with Crippen LogP contribution in [0.3, 0.4) is 0 Å². The maximum atomic E-state index is 13.3.